The first-order valence-corrected chi connectivity index (χ1v) is 8.68. The molecule has 1 unspecified atom stereocenters. The van der Waals surface area contributed by atoms with E-state index in [1.165, 1.54) is 0 Å². The minimum Gasteiger partial charge on any atom is -0.491 e. The first kappa shape index (κ1) is 17.3. The van der Waals surface area contributed by atoms with Crippen LogP contribution in [0.3, 0.4) is 0 Å². The predicted octanol–water partition coefficient (Wildman–Crippen LogP) is 2.80. The Labute approximate surface area is 148 Å². The van der Waals surface area contributed by atoms with Crippen LogP contribution in [0.15, 0.2) is 48.5 Å². The molecule has 1 aliphatic rings. The number of nitrogens with one attached hydrogen (secondary N) is 1. The number of hydrogen-bond acceptors (Lipinski definition) is 4. The molecule has 5 heteroatoms. The highest BCUT2D eigenvalue weighted by Crippen LogP contribution is 2.16. The summed E-state index contributed by atoms with van der Waals surface area (Å²) in [5.74, 6) is 0.676. The number of hydrogen-bond donors (Lipinski definition) is 2. The molecule has 132 valence electrons. The Kier molecular flexibility index (Phi) is 5.90. The SMILES string of the molecule is Nc1ccc(CCNC(=O)c2ccc(OCC3CCCO3)cc2)cc1. The fourth-order valence-corrected chi connectivity index (χ4v) is 2.77. The lowest BCUT2D eigenvalue weighted by Gasteiger charge is -2.12. The van der Waals surface area contributed by atoms with Crippen LogP contribution in [0.1, 0.15) is 28.8 Å². The van der Waals surface area contributed by atoms with Crippen LogP contribution in [0.25, 0.3) is 0 Å². The van der Waals surface area contributed by atoms with E-state index in [1.807, 2.05) is 36.4 Å². The topological polar surface area (TPSA) is 73.6 Å². The molecule has 25 heavy (non-hydrogen) atoms. The third-order valence-electron chi connectivity index (χ3n) is 4.26. The maximum atomic E-state index is 12.2. The molecule has 1 fully saturated rings. The molecule has 5 nitrogen and oxygen atoms in total. The van der Waals surface area contributed by atoms with Gasteiger partial charge in [0.2, 0.25) is 0 Å². The third-order valence-corrected chi connectivity index (χ3v) is 4.26. The number of ether oxygens (including phenoxy) is 2. The van der Waals surface area contributed by atoms with Crippen LogP contribution in [0, 0.1) is 0 Å². The van der Waals surface area contributed by atoms with Crippen LogP contribution in [0.4, 0.5) is 5.69 Å². The molecule has 0 radical (unpaired) electrons. The van der Waals surface area contributed by atoms with Crippen molar-refractivity contribution in [3.8, 4) is 5.75 Å². The lowest BCUT2D eigenvalue weighted by molar-refractivity contribution is 0.0679. The summed E-state index contributed by atoms with van der Waals surface area (Å²) in [4.78, 5) is 12.2. The molecule has 0 saturated carbocycles. The molecule has 1 aliphatic heterocycles. The van der Waals surface area contributed by atoms with Crippen LogP contribution in [0.5, 0.6) is 5.75 Å². The van der Waals surface area contributed by atoms with Crippen LogP contribution < -0.4 is 15.8 Å². The number of nitrogen functional groups attached to an aromatic ring is 1. The second-order valence-corrected chi connectivity index (χ2v) is 6.22. The van der Waals surface area contributed by atoms with E-state index < -0.39 is 0 Å². The van der Waals surface area contributed by atoms with Gasteiger partial charge in [-0.3, -0.25) is 4.79 Å². The molecule has 2 aromatic carbocycles. The van der Waals surface area contributed by atoms with Crippen LogP contribution in [0.2, 0.25) is 0 Å². The van der Waals surface area contributed by atoms with Gasteiger partial charge in [-0.25, -0.2) is 0 Å². The van der Waals surface area contributed by atoms with Gasteiger partial charge in [0, 0.05) is 24.4 Å². The molecule has 0 aliphatic carbocycles. The fourth-order valence-electron chi connectivity index (χ4n) is 2.77. The van der Waals surface area contributed by atoms with Crippen LogP contribution in [-0.4, -0.2) is 31.8 Å². The normalized spacial score (nSPS) is 16.6. The molecule has 2 aromatic rings. The van der Waals surface area contributed by atoms with E-state index in [0.717, 1.165) is 42.9 Å². The number of carbonyl (C=O) groups is 1. The Hall–Kier alpha value is -2.53. The predicted molar refractivity (Wildman–Crippen MR) is 97.8 cm³/mol. The van der Waals surface area contributed by atoms with E-state index in [9.17, 15) is 4.79 Å². The van der Waals surface area contributed by atoms with Gasteiger partial charge >= 0.3 is 0 Å². The van der Waals surface area contributed by atoms with E-state index in [0.29, 0.717) is 18.7 Å². The highest BCUT2D eigenvalue weighted by atomic mass is 16.5. The van der Waals surface area contributed by atoms with Gasteiger partial charge in [-0.1, -0.05) is 12.1 Å². The number of anilines is 1. The second kappa shape index (κ2) is 8.53. The highest BCUT2D eigenvalue weighted by molar-refractivity contribution is 5.94. The number of nitrogens with two attached hydrogens (primary N) is 1. The van der Waals surface area contributed by atoms with Gasteiger partial charge in [0.25, 0.3) is 5.91 Å². The Morgan fingerprint density at radius 3 is 2.60 bits per heavy atom. The lowest BCUT2D eigenvalue weighted by Crippen LogP contribution is -2.25. The first-order valence-electron chi connectivity index (χ1n) is 8.68. The Bertz CT molecular complexity index is 677. The molecule has 0 aromatic heterocycles. The van der Waals surface area contributed by atoms with Gasteiger partial charge < -0.3 is 20.5 Å². The number of benzene rings is 2. The van der Waals surface area contributed by atoms with Crippen molar-refractivity contribution >= 4 is 11.6 Å². The van der Waals surface area contributed by atoms with Crippen LogP contribution >= 0.6 is 0 Å². The van der Waals surface area contributed by atoms with Gasteiger partial charge in [0.1, 0.15) is 12.4 Å². The summed E-state index contributed by atoms with van der Waals surface area (Å²) in [7, 11) is 0. The van der Waals surface area contributed by atoms with Gasteiger partial charge in [-0.05, 0) is 61.2 Å². The van der Waals surface area contributed by atoms with Crippen molar-refractivity contribution in [3.05, 3.63) is 59.7 Å². The lowest BCUT2D eigenvalue weighted by atomic mass is 10.1. The summed E-state index contributed by atoms with van der Waals surface area (Å²) in [6.45, 7) is 1.97. The largest absolute Gasteiger partial charge is 0.491 e. The van der Waals surface area contributed by atoms with E-state index in [4.69, 9.17) is 15.2 Å². The number of rotatable bonds is 7. The highest BCUT2D eigenvalue weighted by Gasteiger charge is 2.16. The number of carbonyl (C=O) groups excluding carboxylic acids is 1. The van der Waals surface area contributed by atoms with E-state index in [1.54, 1.807) is 12.1 Å². The number of amides is 1. The van der Waals surface area contributed by atoms with E-state index in [2.05, 4.69) is 5.32 Å². The van der Waals surface area contributed by atoms with Gasteiger partial charge in [0.05, 0.1) is 6.10 Å². The van der Waals surface area contributed by atoms with Crippen molar-refractivity contribution in [2.45, 2.75) is 25.4 Å². The molecule has 1 amide bonds. The van der Waals surface area contributed by atoms with Gasteiger partial charge in [-0.2, -0.15) is 0 Å². The molecule has 1 saturated heterocycles. The maximum Gasteiger partial charge on any atom is 0.251 e. The molecule has 3 N–H and O–H groups in total. The molecular weight excluding hydrogens is 316 g/mol. The van der Waals surface area contributed by atoms with Crippen molar-refractivity contribution in [3.63, 3.8) is 0 Å². The van der Waals surface area contributed by atoms with Crippen molar-refractivity contribution in [2.24, 2.45) is 0 Å². The molecule has 1 atom stereocenters. The summed E-state index contributed by atoms with van der Waals surface area (Å²) in [6, 6.07) is 14.9. The molecule has 1 heterocycles. The summed E-state index contributed by atoms with van der Waals surface area (Å²) >= 11 is 0. The average Bonchev–Trinajstić information content (AvgIpc) is 3.15. The van der Waals surface area contributed by atoms with Gasteiger partial charge in [-0.15, -0.1) is 0 Å². The quantitative estimate of drug-likeness (QED) is 0.760. The smallest absolute Gasteiger partial charge is 0.251 e. The monoisotopic (exact) mass is 340 g/mol. The first-order chi connectivity index (χ1) is 12.2. The van der Waals surface area contributed by atoms with E-state index in [-0.39, 0.29) is 12.0 Å². The fraction of sp³-hybridized carbons (Fsp3) is 0.350. The molecule has 3 rings (SSSR count). The Morgan fingerprint density at radius 1 is 1.16 bits per heavy atom. The third kappa shape index (κ3) is 5.22. The molecule has 0 spiro atoms. The zero-order valence-corrected chi connectivity index (χ0v) is 14.2. The standard InChI is InChI=1S/C20H24N2O3/c21-17-7-3-15(4-8-17)11-12-22-20(23)16-5-9-18(10-6-16)25-14-19-2-1-13-24-19/h3-10,19H,1-2,11-14,21H2,(H,22,23). The minimum absolute atomic E-state index is 0.0823. The maximum absolute atomic E-state index is 12.2. The molecular formula is C20H24N2O3. The van der Waals surface area contributed by atoms with Crippen molar-refractivity contribution in [1.82, 2.24) is 5.32 Å². The summed E-state index contributed by atoms with van der Waals surface area (Å²) in [6.07, 6.45) is 3.11. The molecule has 0 bridgehead atoms. The summed E-state index contributed by atoms with van der Waals surface area (Å²) in [5.41, 5.74) is 8.18. The van der Waals surface area contributed by atoms with Crippen molar-refractivity contribution in [2.75, 3.05) is 25.5 Å². The Balaban J connectivity index is 1.42. The minimum atomic E-state index is -0.0823. The van der Waals surface area contributed by atoms with E-state index >= 15 is 0 Å². The van der Waals surface area contributed by atoms with Crippen LogP contribution in [-0.2, 0) is 11.2 Å². The van der Waals surface area contributed by atoms with Gasteiger partial charge in [0.15, 0.2) is 0 Å². The van der Waals surface area contributed by atoms with Crippen molar-refractivity contribution < 1.29 is 14.3 Å². The zero-order chi connectivity index (χ0) is 17.5. The second-order valence-electron chi connectivity index (χ2n) is 6.22. The average molecular weight is 340 g/mol. The summed E-state index contributed by atoms with van der Waals surface area (Å²) < 4.78 is 11.2. The summed E-state index contributed by atoms with van der Waals surface area (Å²) in [5, 5.41) is 2.93. The van der Waals surface area contributed by atoms with Crippen molar-refractivity contribution in [1.29, 1.82) is 0 Å². The Morgan fingerprint density at radius 2 is 1.92 bits per heavy atom. The zero-order valence-electron chi connectivity index (χ0n) is 14.2.